The van der Waals surface area contributed by atoms with Crippen LogP contribution in [0, 0.1) is 11.6 Å². The molecule has 0 radical (unpaired) electrons. The fourth-order valence-electron chi connectivity index (χ4n) is 3.66. The summed E-state index contributed by atoms with van der Waals surface area (Å²) in [5.41, 5.74) is 1.88. The monoisotopic (exact) mass is 424 g/mol. The van der Waals surface area contributed by atoms with Crippen molar-refractivity contribution in [2.45, 2.75) is 24.7 Å². The second-order valence-electron chi connectivity index (χ2n) is 7.46. The largest absolute Gasteiger partial charge is 0.355 e. The summed E-state index contributed by atoms with van der Waals surface area (Å²) in [6, 6.07) is 12.4. The molecule has 8 heteroatoms. The third-order valence-corrected chi connectivity index (χ3v) is 6.35. The molecule has 5 nitrogen and oxygen atoms in total. The Hall–Kier alpha value is -3.13. The molecule has 1 saturated carbocycles. The number of amides is 1. The second kappa shape index (κ2) is 7.28. The minimum Gasteiger partial charge on any atom is -0.355 e. The van der Waals surface area contributed by atoms with Gasteiger partial charge in [0, 0.05) is 23.9 Å². The van der Waals surface area contributed by atoms with E-state index in [2.05, 4.69) is 15.4 Å². The number of hydrogen-bond donors (Lipinski definition) is 1. The highest BCUT2D eigenvalue weighted by Crippen LogP contribution is 2.48. The summed E-state index contributed by atoms with van der Waals surface area (Å²) in [7, 11) is 0. The third kappa shape index (κ3) is 3.37. The lowest BCUT2D eigenvalue weighted by atomic mass is 9.95. The van der Waals surface area contributed by atoms with Gasteiger partial charge < -0.3 is 5.32 Å². The minimum atomic E-state index is -0.532. The Bertz CT molecular complexity index is 1230. The predicted molar refractivity (Wildman–Crippen MR) is 110 cm³/mol. The molecule has 0 atom stereocenters. The molecule has 1 N–H and O–H groups in total. The van der Waals surface area contributed by atoms with Crippen LogP contribution in [0.25, 0.3) is 16.3 Å². The highest BCUT2D eigenvalue weighted by atomic mass is 32.1. The first-order chi connectivity index (χ1) is 14.5. The van der Waals surface area contributed by atoms with Crippen molar-refractivity contribution in [3.05, 3.63) is 76.8 Å². The molecular formula is C22H18F2N4OS. The average Bonchev–Trinajstić information content (AvgIpc) is 3.31. The standard InChI is InChI=1S/C22H18F2N4OS/c23-16-6-4-15(5-7-16)22(9-10-22)20(29)25-11-8-18-13-30-21-26-19(27-28(18)21)14-2-1-3-17(24)12-14/h1-7,12-13H,8-11H2,(H,25,29). The number of carbonyl (C=O) groups is 1. The summed E-state index contributed by atoms with van der Waals surface area (Å²) in [5, 5.41) is 9.47. The van der Waals surface area contributed by atoms with E-state index in [9.17, 15) is 13.6 Å². The lowest BCUT2D eigenvalue weighted by Gasteiger charge is -2.15. The van der Waals surface area contributed by atoms with Crippen molar-refractivity contribution in [2.75, 3.05) is 6.54 Å². The maximum Gasteiger partial charge on any atom is 0.230 e. The number of thiazole rings is 1. The number of hydrogen-bond acceptors (Lipinski definition) is 4. The Kier molecular flexibility index (Phi) is 4.58. The Morgan fingerprint density at radius 3 is 2.67 bits per heavy atom. The van der Waals surface area contributed by atoms with Crippen molar-refractivity contribution < 1.29 is 13.6 Å². The number of halogens is 2. The van der Waals surface area contributed by atoms with Crippen LogP contribution in [0.2, 0.25) is 0 Å². The van der Waals surface area contributed by atoms with Gasteiger partial charge in [-0.05, 0) is 42.7 Å². The summed E-state index contributed by atoms with van der Waals surface area (Å²) < 4.78 is 28.4. The Morgan fingerprint density at radius 2 is 1.93 bits per heavy atom. The topological polar surface area (TPSA) is 59.3 Å². The quantitative estimate of drug-likeness (QED) is 0.506. The number of nitrogens with zero attached hydrogens (tertiary/aromatic N) is 3. The zero-order chi connectivity index (χ0) is 20.7. The molecule has 2 heterocycles. The van der Waals surface area contributed by atoms with Gasteiger partial charge in [-0.3, -0.25) is 4.79 Å². The van der Waals surface area contributed by atoms with Crippen LogP contribution < -0.4 is 5.32 Å². The predicted octanol–water partition coefficient (Wildman–Crippen LogP) is 4.13. The molecule has 0 saturated heterocycles. The van der Waals surface area contributed by atoms with Crippen molar-refractivity contribution in [3.8, 4) is 11.4 Å². The highest BCUT2D eigenvalue weighted by Gasteiger charge is 2.51. The molecule has 1 fully saturated rings. The smallest absolute Gasteiger partial charge is 0.230 e. The van der Waals surface area contributed by atoms with Crippen LogP contribution in [0.5, 0.6) is 0 Å². The number of rotatable bonds is 6. The summed E-state index contributed by atoms with van der Waals surface area (Å²) in [6.07, 6.45) is 2.14. The van der Waals surface area contributed by atoms with Crippen LogP contribution in [0.3, 0.4) is 0 Å². The SMILES string of the molecule is O=C(NCCc1csc2nc(-c3cccc(F)c3)nn12)C1(c2ccc(F)cc2)CC1. The first kappa shape index (κ1) is 18.9. The molecule has 1 amide bonds. The van der Waals surface area contributed by atoms with E-state index >= 15 is 0 Å². The van der Waals surface area contributed by atoms with Gasteiger partial charge in [-0.2, -0.15) is 4.98 Å². The van der Waals surface area contributed by atoms with Crippen LogP contribution in [-0.2, 0) is 16.6 Å². The molecular weight excluding hydrogens is 406 g/mol. The lowest BCUT2D eigenvalue weighted by molar-refractivity contribution is -0.123. The van der Waals surface area contributed by atoms with Crippen molar-refractivity contribution >= 4 is 22.2 Å². The molecule has 0 aliphatic heterocycles. The number of nitrogens with one attached hydrogen (secondary N) is 1. The third-order valence-electron chi connectivity index (χ3n) is 5.48. The summed E-state index contributed by atoms with van der Waals surface area (Å²) in [6.45, 7) is 0.461. The van der Waals surface area contributed by atoms with Crippen molar-refractivity contribution in [1.29, 1.82) is 0 Å². The Labute approximate surface area is 175 Å². The fourth-order valence-corrected chi connectivity index (χ4v) is 4.52. The summed E-state index contributed by atoms with van der Waals surface area (Å²) in [5.74, 6) is -0.190. The van der Waals surface area contributed by atoms with E-state index in [0.717, 1.165) is 29.1 Å². The van der Waals surface area contributed by atoms with E-state index in [1.54, 1.807) is 28.8 Å². The zero-order valence-corrected chi connectivity index (χ0v) is 16.8. The van der Waals surface area contributed by atoms with Gasteiger partial charge in [0.2, 0.25) is 10.9 Å². The van der Waals surface area contributed by atoms with Crippen LogP contribution in [0.4, 0.5) is 8.78 Å². The van der Waals surface area contributed by atoms with E-state index in [-0.39, 0.29) is 17.5 Å². The molecule has 0 bridgehead atoms. The normalized spacial score (nSPS) is 14.7. The van der Waals surface area contributed by atoms with Gasteiger partial charge in [0.1, 0.15) is 11.6 Å². The first-order valence-electron chi connectivity index (χ1n) is 9.69. The van der Waals surface area contributed by atoms with Gasteiger partial charge in [0.05, 0.1) is 11.1 Å². The molecule has 0 spiro atoms. The van der Waals surface area contributed by atoms with Crippen molar-refractivity contribution in [3.63, 3.8) is 0 Å². The number of aromatic nitrogens is 3. The fraction of sp³-hybridized carbons (Fsp3) is 0.227. The molecule has 1 aliphatic carbocycles. The maximum absolute atomic E-state index is 13.5. The molecule has 2 aromatic heterocycles. The van der Waals surface area contributed by atoms with Crippen LogP contribution in [0.1, 0.15) is 24.1 Å². The van der Waals surface area contributed by atoms with E-state index in [1.807, 2.05) is 5.38 Å². The van der Waals surface area contributed by atoms with Crippen molar-refractivity contribution in [1.82, 2.24) is 19.9 Å². The van der Waals surface area contributed by atoms with Crippen LogP contribution in [0.15, 0.2) is 53.9 Å². The van der Waals surface area contributed by atoms with E-state index in [4.69, 9.17) is 0 Å². The van der Waals surface area contributed by atoms with Gasteiger partial charge in [0.15, 0.2) is 5.82 Å². The van der Waals surface area contributed by atoms with E-state index in [0.29, 0.717) is 24.4 Å². The van der Waals surface area contributed by atoms with E-state index < -0.39 is 5.41 Å². The highest BCUT2D eigenvalue weighted by molar-refractivity contribution is 7.15. The van der Waals surface area contributed by atoms with Gasteiger partial charge >= 0.3 is 0 Å². The van der Waals surface area contributed by atoms with Crippen molar-refractivity contribution in [2.24, 2.45) is 0 Å². The van der Waals surface area contributed by atoms with Crippen LogP contribution in [-0.4, -0.2) is 27.0 Å². The molecule has 1 aliphatic rings. The average molecular weight is 424 g/mol. The second-order valence-corrected chi connectivity index (χ2v) is 8.30. The Balaban J connectivity index is 1.27. The molecule has 152 valence electrons. The van der Waals surface area contributed by atoms with Gasteiger partial charge in [-0.25, -0.2) is 13.3 Å². The van der Waals surface area contributed by atoms with Crippen LogP contribution >= 0.6 is 11.3 Å². The molecule has 2 aromatic carbocycles. The molecule has 4 aromatic rings. The van der Waals surface area contributed by atoms with Gasteiger partial charge in [-0.15, -0.1) is 16.4 Å². The lowest BCUT2D eigenvalue weighted by Crippen LogP contribution is -2.36. The number of fused-ring (bicyclic) bond motifs is 1. The molecule has 0 unspecified atom stereocenters. The van der Waals surface area contributed by atoms with Gasteiger partial charge in [0.25, 0.3) is 0 Å². The van der Waals surface area contributed by atoms with Gasteiger partial charge in [-0.1, -0.05) is 24.3 Å². The maximum atomic E-state index is 13.5. The Morgan fingerprint density at radius 1 is 1.13 bits per heavy atom. The summed E-state index contributed by atoms with van der Waals surface area (Å²) >= 11 is 1.46. The molecule has 30 heavy (non-hydrogen) atoms. The van der Waals surface area contributed by atoms with E-state index in [1.165, 1.54) is 35.6 Å². The summed E-state index contributed by atoms with van der Waals surface area (Å²) in [4.78, 5) is 17.9. The number of benzene rings is 2. The zero-order valence-electron chi connectivity index (χ0n) is 15.9. The first-order valence-corrected chi connectivity index (χ1v) is 10.6. The number of carbonyl (C=O) groups excluding carboxylic acids is 1. The minimum absolute atomic E-state index is 0.0281. The molecule has 5 rings (SSSR count).